The second-order valence-electron chi connectivity index (χ2n) is 18.0. The van der Waals surface area contributed by atoms with E-state index in [9.17, 15) is 13.7 Å². The van der Waals surface area contributed by atoms with Crippen molar-refractivity contribution in [3.8, 4) is 0 Å². The summed E-state index contributed by atoms with van der Waals surface area (Å²) in [5.74, 6) is 0. The normalized spacial score (nSPS) is 15.2. The van der Waals surface area contributed by atoms with Crippen molar-refractivity contribution in [3.63, 3.8) is 0 Å². The average Bonchev–Trinajstić information content (AvgIpc) is 4.33. The second kappa shape index (κ2) is 13.8. The predicted octanol–water partition coefficient (Wildman–Crippen LogP) is 17.4. The smallest absolute Gasteiger partial charge is 0.0653 e. The van der Waals surface area contributed by atoms with Crippen molar-refractivity contribution in [2.75, 3.05) is 9.80 Å². The van der Waals surface area contributed by atoms with Gasteiger partial charge in [-0.25, -0.2) is 0 Å². The van der Waals surface area contributed by atoms with Crippen LogP contribution in [0.5, 0.6) is 0 Å². The van der Waals surface area contributed by atoms with Crippen LogP contribution in [0.2, 0.25) is 0 Å². The molecule has 0 unspecified atom stereocenters. The zero-order valence-corrected chi connectivity index (χ0v) is 37.7. The number of aryl methyl sites for hydroxylation is 8. The number of fused-ring (bicyclic) bond motifs is 12. The Kier molecular flexibility index (Phi) is 5.63. The first-order chi connectivity index (χ1) is 37.9. The highest BCUT2D eigenvalue weighted by Crippen LogP contribution is 2.52. The molecule has 4 aromatic heterocycles. The Labute approximate surface area is 404 Å². The molecule has 0 aliphatic rings. The van der Waals surface area contributed by atoms with Crippen LogP contribution < -0.4 is 9.80 Å². The van der Waals surface area contributed by atoms with E-state index in [1.165, 1.54) is 8.80 Å². The van der Waals surface area contributed by atoms with Crippen molar-refractivity contribution in [1.82, 2.24) is 8.80 Å². The van der Waals surface area contributed by atoms with E-state index < -0.39 is 48.3 Å². The molecule has 13 aromatic rings. The molecule has 0 saturated heterocycles. The lowest BCUT2D eigenvalue weighted by Crippen LogP contribution is -2.13. The van der Waals surface area contributed by atoms with Gasteiger partial charge in [-0.1, -0.05) is 96.9 Å². The third-order valence-corrected chi connectivity index (χ3v) is 13.5. The largest absolute Gasteiger partial charge is 0.309 e. The van der Waals surface area contributed by atoms with E-state index in [1.54, 1.807) is 0 Å². The van der Waals surface area contributed by atoms with Crippen molar-refractivity contribution in [1.29, 1.82) is 0 Å². The summed E-state index contributed by atoms with van der Waals surface area (Å²) in [5, 5.41) is 0.506. The van der Waals surface area contributed by atoms with Crippen molar-refractivity contribution in [2.45, 2.75) is 55.4 Å². The van der Waals surface area contributed by atoms with Gasteiger partial charge in [0.15, 0.2) is 0 Å². The zero-order chi connectivity index (χ0) is 57.0. The minimum atomic E-state index is -0.562. The molecular formula is C62H50N4. The molecule has 13 rings (SSSR count). The fraction of sp³-hybridized carbons (Fsp3) is 0.129. The summed E-state index contributed by atoms with van der Waals surface area (Å²) in [6.07, 6.45) is 0. The van der Waals surface area contributed by atoms with Gasteiger partial charge in [0.1, 0.15) is 0 Å². The fourth-order valence-electron chi connectivity index (χ4n) is 10.3. The topological polar surface area (TPSA) is 15.3 Å². The van der Waals surface area contributed by atoms with E-state index in [-0.39, 0.29) is 124 Å². The number of anilines is 6. The molecular weight excluding hydrogens is 801 g/mol. The molecule has 9 aromatic carbocycles. The van der Waals surface area contributed by atoms with Crippen LogP contribution in [0, 0.1) is 55.4 Å². The number of hydrogen-bond acceptors (Lipinski definition) is 2. The summed E-state index contributed by atoms with van der Waals surface area (Å²) >= 11 is 0. The van der Waals surface area contributed by atoms with Gasteiger partial charge in [-0.3, -0.25) is 0 Å². The molecule has 0 bridgehead atoms. The monoisotopic (exact) mass is 864 g/mol. The number of nitrogens with zero attached hydrogens (tertiary/aromatic N) is 4. The second-order valence-corrected chi connectivity index (χ2v) is 18.0. The lowest BCUT2D eigenvalue weighted by Gasteiger charge is -2.30. The van der Waals surface area contributed by atoms with Crippen LogP contribution in [0.4, 0.5) is 34.1 Å². The maximum atomic E-state index is 10.6. The Hall–Kier alpha value is -7.82. The SMILES string of the molecule is [2H]c1c([2H])c([2H])c2c(c1[2H])c1c(N(c3cc(C)ccc3C)c3cc(C)ccc3C)c([2H])c([2H])c3c4c([2H])c5c(c([2H])c4n2c31)c1c([2H])c([2H])c(N(c2cc(C)ccc2C)c2cc(C)ccc2C)c2c3c([2H])c([2H])c([2H])c([2H])c3n5c12. The number of para-hydroxylation sites is 2. The molecule has 0 saturated carbocycles. The summed E-state index contributed by atoms with van der Waals surface area (Å²) in [5.41, 5.74) is 10.0. The van der Waals surface area contributed by atoms with E-state index in [1.807, 2.05) is 138 Å². The Bertz CT molecular complexity index is 4580. The van der Waals surface area contributed by atoms with Crippen LogP contribution >= 0.6 is 0 Å². The van der Waals surface area contributed by atoms with Crippen molar-refractivity contribution < 1.29 is 19.2 Å². The van der Waals surface area contributed by atoms with E-state index in [0.717, 1.165) is 44.5 Å². The summed E-state index contributed by atoms with van der Waals surface area (Å²) < 4.78 is 140. The first kappa shape index (κ1) is 26.8. The van der Waals surface area contributed by atoms with Gasteiger partial charge in [-0.05, 0) is 160 Å². The first-order valence-corrected chi connectivity index (χ1v) is 22.1. The molecule has 4 heterocycles. The molecule has 0 aliphatic heterocycles. The van der Waals surface area contributed by atoms with E-state index in [2.05, 4.69) is 0 Å². The van der Waals surface area contributed by atoms with Gasteiger partial charge in [0.25, 0.3) is 0 Å². The molecule has 0 radical (unpaired) electrons. The highest BCUT2D eigenvalue weighted by molar-refractivity contribution is 6.32. The minimum Gasteiger partial charge on any atom is -0.309 e. The summed E-state index contributed by atoms with van der Waals surface area (Å²) in [4.78, 5) is 3.76. The molecule has 4 nitrogen and oxygen atoms in total. The molecule has 318 valence electrons. The number of hydrogen-bond donors (Lipinski definition) is 0. The number of rotatable bonds is 6. The predicted molar refractivity (Wildman–Crippen MR) is 283 cm³/mol. The minimum absolute atomic E-state index is 0.00738. The third kappa shape index (κ3) is 5.27. The lowest BCUT2D eigenvalue weighted by molar-refractivity contribution is 1.22. The third-order valence-electron chi connectivity index (χ3n) is 13.5. The molecule has 0 amide bonds. The zero-order valence-electron chi connectivity index (χ0n) is 51.7. The van der Waals surface area contributed by atoms with Gasteiger partial charge in [0.2, 0.25) is 0 Å². The quantitative estimate of drug-likeness (QED) is 0.165. The molecule has 0 N–H and O–H groups in total. The van der Waals surface area contributed by atoms with Crippen LogP contribution in [0.25, 0.3) is 76.2 Å². The van der Waals surface area contributed by atoms with Gasteiger partial charge in [0, 0.05) is 65.8 Å². The van der Waals surface area contributed by atoms with Crippen molar-refractivity contribution in [3.05, 3.63) is 202 Å². The molecule has 0 aliphatic carbocycles. The summed E-state index contributed by atoms with van der Waals surface area (Å²) in [7, 11) is 0. The van der Waals surface area contributed by atoms with E-state index in [4.69, 9.17) is 5.48 Å². The molecule has 0 atom stereocenters. The average molecular weight is 865 g/mol. The molecule has 66 heavy (non-hydrogen) atoms. The summed E-state index contributed by atoms with van der Waals surface area (Å²) in [6, 6.07) is 17.7. The van der Waals surface area contributed by atoms with Crippen molar-refractivity contribution in [2.24, 2.45) is 0 Å². The fourth-order valence-corrected chi connectivity index (χ4v) is 10.3. The molecule has 4 heteroatoms. The highest BCUT2D eigenvalue weighted by Gasteiger charge is 2.29. The van der Waals surface area contributed by atoms with Crippen molar-refractivity contribution >= 4 is 110 Å². The Morgan fingerprint density at radius 3 is 1.02 bits per heavy atom. The van der Waals surface area contributed by atoms with Gasteiger partial charge in [0.05, 0.1) is 63.7 Å². The first-order valence-electron chi connectivity index (χ1n) is 29.1. The molecule has 0 spiro atoms. The van der Waals surface area contributed by atoms with Gasteiger partial charge in [-0.2, -0.15) is 0 Å². The standard InChI is InChI=1S/C62H50N4/c1-35-17-21-39(5)53(29-35)63(54-30-36(2)18-22-40(54)6)51-27-25-43-47-33-58-48(34-57(47)65-49-15-11-9-13-45(49)59(51)61(43)65)44-26-28-52(60-46-14-10-12-16-50(46)66(58)62(44)60)64(55-31-37(3)19-23-41(55)7)56-32-38(4)20-24-42(56)8/h9-34H,1-8H3/i9D,10D,11D,12D,13D,14D,15D,16D,25D,26D,27D,28D,33D,34D. The Morgan fingerprint density at radius 2 is 0.667 bits per heavy atom. The molecule has 0 fully saturated rings. The Morgan fingerprint density at radius 1 is 0.333 bits per heavy atom. The number of benzene rings is 9. The maximum Gasteiger partial charge on any atom is 0.0653 e. The van der Waals surface area contributed by atoms with Crippen LogP contribution in [-0.2, 0) is 0 Å². The highest BCUT2D eigenvalue weighted by atomic mass is 15.2. The van der Waals surface area contributed by atoms with Crippen LogP contribution in [0.1, 0.15) is 63.7 Å². The van der Waals surface area contributed by atoms with E-state index in [0.29, 0.717) is 22.7 Å². The Balaban J connectivity index is 1.31. The lowest BCUT2D eigenvalue weighted by atomic mass is 10.00. The van der Waals surface area contributed by atoms with Crippen LogP contribution in [0.3, 0.4) is 0 Å². The van der Waals surface area contributed by atoms with Crippen LogP contribution in [-0.4, -0.2) is 8.80 Å². The maximum absolute atomic E-state index is 10.6. The van der Waals surface area contributed by atoms with E-state index >= 15 is 0 Å². The van der Waals surface area contributed by atoms with Crippen LogP contribution in [0.15, 0.2) is 157 Å². The summed E-state index contributed by atoms with van der Waals surface area (Å²) in [6.45, 7) is 15.5. The van der Waals surface area contributed by atoms with Gasteiger partial charge < -0.3 is 18.6 Å². The number of aromatic nitrogens is 2. The van der Waals surface area contributed by atoms with Gasteiger partial charge >= 0.3 is 0 Å². The van der Waals surface area contributed by atoms with Gasteiger partial charge in [-0.15, -0.1) is 0 Å².